The highest BCUT2D eigenvalue weighted by molar-refractivity contribution is 7.80. The Labute approximate surface area is 72.9 Å². The van der Waals surface area contributed by atoms with Crippen molar-refractivity contribution in [1.29, 1.82) is 0 Å². The predicted octanol–water partition coefficient (Wildman–Crippen LogP) is -0.0862. The Morgan fingerprint density at radius 2 is 2.55 bits per heavy atom. The molecule has 0 spiro atoms. The number of nitrogens with two attached hydrogens (primary N) is 1. The monoisotopic (exact) mass is 173 g/mol. The number of hydrogen-bond acceptors (Lipinski definition) is 2. The van der Waals surface area contributed by atoms with Gasteiger partial charge in [-0.15, -0.1) is 0 Å². The smallest absolute Gasteiger partial charge is 0.166 e. The summed E-state index contributed by atoms with van der Waals surface area (Å²) in [5.41, 5.74) is 5.56. The zero-order valence-corrected chi connectivity index (χ0v) is 7.66. The van der Waals surface area contributed by atoms with Crippen molar-refractivity contribution in [2.45, 2.75) is 19.4 Å². The molecule has 0 radical (unpaired) electrons. The van der Waals surface area contributed by atoms with Crippen LogP contribution in [0.3, 0.4) is 0 Å². The summed E-state index contributed by atoms with van der Waals surface area (Å²) in [5.74, 6) is 0. The fourth-order valence-corrected chi connectivity index (χ4v) is 1.66. The molecule has 1 heterocycles. The van der Waals surface area contributed by atoms with E-state index in [4.69, 9.17) is 18.0 Å². The summed E-state index contributed by atoms with van der Waals surface area (Å²) < 4.78 is 0. The SMILES string of the molecule is CCC1CNCCN1C(N)=S. The van der Waals surface area contributed by atoms with E-state index < -0.39 is 0 Å². The second-order valence-electron chi connectivity index (χ2n) is 2.80. The molecule has 3 N–H and O–H groups in total. The van der Waals surface area contributed by atoms with Crippen LogP contribution in [-0.2, 0) is 0 Å². The van der Waals surface area contributed by atoms with Crippen LogP contribution in [0.4, 0.5) is 0 Å². The minimum absolute atomic E-state index is 0.501. The molecule has 1 atom stereocenters. The quantitative estimate of drug-likeness (QED) is 0.544. The molecule has 0 saturated carbocycles. The van der Waals surface area contributed by atoms with Gasteiger partial charge in [0, 0.05) is 25.7 Å². The van der Waals surface area contributed by atoms with Crippen LogP contribution in [-0.4, -0.2) is 35.7 Å². The molecule has 0 aromatic heterocycles. The lowest BCUT2D eigenvalue weighted by Gasteiger charge is -2.36. The molecule has 0 amide bonds. The summed E-state index contributed by atoms with van der Waals surface area (Å²) in [5, 5.41) is 3.85. The van der Waals surface area contributed by atoms with Gasteiger partial charge < -0.3 is 16.0 Å². The summed E-state index contributed by atoms with van der Waals surface area (Å²) in [6.07, 6.45) is 1.10. The molecule has 4 heteroatoms. The summed E-state index contributed by atoms with van der Waals surface area (Å²) >= 11 is 4.93. The van der Waals surface area contributed by atoms with Gasteiger partial charge in [0.15, 0.2) is 5.11 Å². The van der Waals surface area contributed by atoms with E-state index in [1.165, 1.54) is 0 Å². The normalized spacial score (nSPS) is 25.2. The first kappa shape index (κ1) is 8.74. The van der Waals surface area contributed by atoms with Crippen molar-refractivity contribution >= 4 is 17.3 Å². The first-order valence-corrected chi connectivity index (χ1v) is 4.43. The Hall–Kier alpha value is -0.350. The van der Waals surface area contributed by atoms with Crippen LogP contribution in [0.1, 0.15) is 13.3 Å². The van der Waals surface area contributed by atoms with Gasteiger partial charge in [-0.05, 0) is 18.6 Å². The summed E-state index contributed by atoms with van der Waals surface area (Å²) in [6.45, 7) is 5.11. The summed E-state index contributed by atoms with van der Waals surface area (Å²) in [4.78, 5) is 2.10. The average Bonchev–Trinajstić information content (AvgIpc) is 2.04. The van der Waals surface area contributed by atoms with Crippen LogP contribution in [0.15, 0.2) is 0 Å². The highest BCUT2D eigenvalue weighted by Gasteiger charge is 2.20. The Morgan fingerprint density at radius 3 is 3.00 bits per heavy atom. The molecule has 3 nitrogen and oxygen atoms in total. The third-order valence-electron chi connectivity index (χ3n) is 2.10. The van der Waals surface area contributed by atoms with Gasteiger partial charge in [-0.2, -0.15) is 0 Å². The lowest BCUT2D eigenvalue weighted by Crippen LogP contribution is -2.54. The average molecular weight is 173 g/mol. The van der Waals surface area contributed by atoms with E-state index in [1.54, 1.807) is 0 Å². The lowest BCUT2D eigenvalue weighted by atomic mass is 10.1. The van der Waals surface area contributed by atoms with Crippen molar-refractivity contribution in [3.05, 3.63) is 0 Å². The van der Waals surface area contributed by atoms with Crippen molar-refractivity contribution in [3.63, 3.8) is 0 Å². The maximum absolute atomic E-state index is 5.56. The molecule has 1 unspecified atom stereocenters. The maximum Gasteiger partial charge on any atom is 0.166 e. The van der Waals surface area contributed by atoms with Gasteiger partial charge in [-0.1, -0.05) is 6.92 Å². The third kappa shape index (κ3) is 2.04. The van der Waals surface area contributed by atoms with Crippen molar-refractivity contribution in [3.8, 4) is 0 Å². The van der Waals surface area contributed by atoms with E-state index in [2.05, 4.69) is 17.1 Å². The Kier molecular flexibility index (Phi) is 3.08. The summed E-state index contributed by atoms with van der Waals surface area (Å²) in [6, 6.07) is 0.501. The molecule has 0 bridgehead atoms. The Balaban J connectivity index is 2.51. The number of rotatable bonds is 1. The molecule has 1 saturated heterocycles. The molecule has 1 aliphatic rings. The zero-order chi connectivity index (χ0) is 8.27. The van der Waals surface area contributed by atoms with E-state index in [0.717, 1.165) is 26.1 Å². The lowest BCUT2D eigenvalue weighted by molar-refractivity contribution is 0.253. The second kappa shape index (κ2) is 3.88. The Morgan fingerprint density at radius 1 is 1.82 bits per heavy atom. The highest BCUT2D eigenvalue weighted by atomic mass is 32.1. The van der Waals surface area contributed by atoms with Gasteiger partial charge in [0.2, 0.25) is 0 Å². The van der Waals surface area contributed by atoms with E-state index in [-0.39, 0.29) is 0 Å². The topological polar surface area (TPSA) is 41.3 Å². The van der Waals surface area contributed by atoms with Crippen LogP contribution in [0, 0.1) is 0 Å². The van der Waals surface area contributed by atoms with Gasteiger partial charge in [-0.25, -0.2) is 0 Å². The summed E-state index contributed by atoms with van der Waals surface area (Å²) in [7, 11) is 0. The molecule has 1 fully saturated rings. The van der Waals surface area contributed by atoms with Crippen LogP contribution >= 0.6 is 12.2 Å². The van der Waals surface area contributed by atoms with E-state index in [1.807, 2.05) is 0 Å². The Bertz CT molecular complexity index is 149. The second-order valence-corrected chi connectivity index (χ2v) is 3.22. The first-order chi connectivity index (χ1) is 5.25. The molecule has 0 aliphatic carbocycles. The van der Waals surface area contributed by atoms with E-state index >= 15 is 0 Å². The van der Waals surface area contributed by atoms with Crippen LogP contribution in [0.5, 0.6) is 0 Å². The molecule has 0 aromatic carbocycles. The largest absolute Gasteiger partial charge is 0.376 e. The van der Waals surface area contributed by atoms with Gasteiger partial charge >= 0.3 is 0 Å². The van der Waals surface area contributed by atoms with Crippen molar-refractivity contribution in [1.82, 2.24) is 10.2 Å². The number of thiocarbonyl (C=S) groups is 1. The number of nitrogens with one attached hydrogen (secondary N) is 1. The van der Waals surface area contributed by atoms with E-state index in [9.17, 15) is 0 Å². The molecule has 1 rings (SSSR count). The highest BCUT2D eigenvalue weighted by Crippen LogP contribution is 2.05. The van der Waals surface area contributed by atoms with Gasteiger partial charge in [-0.3, -0.25) is 0 Å². The van der Waals surface area contributed by atoms with Crippen molar-refractivity contribution < 1.29 is 0 Å². The molecule has 1 aliphatic heterocycles. The zero-order valence-electron chi connectivity index (χ0n) is 6.84. The van der Waals surface area contributed by atoms with Gasteiger partial charge in [0.05, 0.1) is 0 Å². The maximum atomic E-state index is 5.56. The predicted molar refractivity (Wildman–Crippen MR) is 50.4 cm³/mol. The third-order valence-corrected chi connectivity index (χ3v) is 2.34. The first-order valence-electron chi connectivity index (χ1n) is 4.02. The minimum Gasteiger partial charge on any atom is -0.376 e. The van der Waals surface area contributed by atoms with Crippen LogP contribution in [0.25, 0.3) is 0 Å². The fraction of sp³-hybridized carbons (Fsp3) is 0.857. The van der Waals surface area contributed by atoms with Crippen molar-refractivity contribution in [2.75, 3.05) is 19.6 Å². The van der Waals surface area contributed by atoms with E-state index in [0.29, 0.717) is 11.2 Å². The molecular formula is C7H15N3S. The van der Waals surface area contributed by atoms with Gasteiger partial charge in [0.1, 0.15) is 0 Å². The molecule has 11 heavy (non-hydrogen) atoms. The molecule has 0 aromatic rings. The number of hydrogen-bond donors (Lipinski definition) is 2. The number of nitrogens with zero attached hydrogens (tertiary/aromatic N) is 1. The van der Waals surface area contributed by atoms with Crippen LogP contribution in [0.2, 0.25) is 0 Å². The molecule has 64 valence electrons. The minimum atomic E-state index is 0.501. The van der Waals surface area contributed by atoms with Gasteiger partial charge in [0.25, 0.3) is 0 Å². The van der Waals surface area contributed by atoms with Crippen LogP contribution < -0.4 is 11.1 Å². The fourth-order valence-electron chi connectivity index (χ4n) is 1.42. The van der Waals surface area contributed by atoms with Crippen molar-refractivity contribution in [2.24, 2.45) is 5.73 Å². The standard InChI is InChI=1S/C7H15N3S/c1-2-6-5-9-3-4-10(6)7(8)11/h6,9H,2-5H2,1H3,(H2,8,11). The number of piperazine rings is 1. The molecular weight excluding hydrogens is 158 g/mol.